The van der Waals surface area contributed by atoms with Crippen LogP contribution in [0, 0.1) is 18.7 Å². The van der Waals surface area contributed by atoms with Crippen LogP contribution >= 0.6 is 0 Å². The van der Waals surface area contributed by atoms with E-state index in [-0.39, 0.29) is 18.2 Å². The molecule has 1 atom stereocenters. The van der Waals surface area contributed by atoms with Gasteiger partial charge in [0.1, 0.15) is 5.82 Å². The van der Waals surface area contributed by atoms with E-state index in [0.717, 1.165) is 0 Å². The van der Waals surface area contributed by atoms with Crippen molar-refractivity contribution in [2.45, 2.75) is 33.1 Å². The molecule has 0 fully saturated rings. The van der Waals surface area contributed by atoms with E-state index in [9.17, 15) is 14.0 Å². The molecule has 0 aliphatic rings. The first kappa shape index (κ1) is 16.1. The van der Waals surface area contributed by atoms with Crippen LogP contribution in [0.3, 0.4) is 0 Å². The van der Waals surface area contributed by atoms with E-state index in [1.54, 1.807) is 19.1 Å². The third-order valence-corrected chi connectivity index (χ3v) is 3.21. The molecule has 4 nitrogen and oxygen atoms in total. The Bertz CT molecular complexity index is 488. The molecule has 0 heterocycles. The van der Waals surface area contributed by atoms with Gasteiger partial charge in [0.15, 0.2) is 0 Å². The molecule has 0 radical (unpaired) electrons. The first-order chi connectivity index (χ1) is 9.40. The molecule has 0 saturated heterocycles. The number of carbonyl (C=O) groups excluding carboxylic acids is 1. The van der Waals surface area contributed by atoms with Crippen molar-refractivity contribution in [3.63, 3.8) is 0 Å². The van der Waals surface area contributed by atoms with Crippen LogP contribution in [-0.4, -0.2) is 23.5 Å². The average Bonchev–Trinajstić information content (AvgIpc) is 2.39. The Balaban J connectivity index is 2.36. The monoisotopic (exact) mass is 281 g/mol. The van der Waals surface area contributed by atoms with Crippen LogP contribution < -0.4 is 5.32 Å². The van der Waals surface area contributed by atoms with Gasteiger partial charge in [0.25, 0.3) is 5.91 Å². The van der Waals surface area contributed by atoms with Crippen LogP contribution in [0.4, 0.5) is 4.39 Å². The topological polar surface area (TPSA) is 66.4 Å². The van der Waals surface area contributed by atoms with Gasteiger partial charge >= 0.3 is 5.97 Å². The van der Waals surface area contributed by atoms with Gasteiger partial charge in [-0.3, -0.25) is 9.59 Å². The second-order valence-electron chi connectivity index (χ2n) is 5.05. The van der Waals surface area contributed by atoms with Gasteiger partial charge in [-0.25, -0.2) is 4.39 Å². The highest BCUT2D eigenvalue weighted by molar-refractivity contribution is 5.94. The smallest absolute Gasteiger partial charge is 0.303 e. The maximum Gasteiger partial charge on any atom is 0.303 e. The van der Waals surface area contributed by atoms with Crippen molar-refractivity contribution in [2.24, 2.45) is 5.92 Å². The van der Waals surface area contributed by atoms with E-state index < -0.39 is 11.8 Å². The van der Waals surface area contributed by atoms with Gasteiger partial charge in [-0.05, 0) is 43.4 Å². The number of carboxylic acids is 1. The van der Waals surface area contributed by atoms with Crippen molar-refractivity contribution >= 4 is 11.9 Å². The third kappa shape index (κ3) is 5.38. The lowest BCUT2D eigenvalue weighted by atomic mass is 10.0. The minimum absolute atomic E-state index is 0.137. The molecule has 0 saturated carbocycles. The number of carboxylic acid groups (broad SMARTS) is 1. The number of hydrogen-bond donors (Lipinski definition) is 2. The zero-order chi connectivity index (χ0) is 15.1. The average molecular weight is 281 g/mol. The Morgan fingerprint density at radius 3 is 2.65 bits per heavy atom. The molecule has 1 amide bonds. The van der Waals surface area contributed by atoms with Crippen LogP contribution in [0.25, 0.3) is 0 Å². The predicted molar refractivity (Wildman–Crippen MR) is 74.1 cm³/mol. The van der Waals surface area contributed by atoms with Gasteiger partial charge in [-0.15, -0.1) is 0 Å². The fourth-order valence-corrected chi connectivity index (χ4v) is 1.78. The number of amides is 1. The van der Waals surface area contributed by atoms with Crippen molar-refractivity contribution in [3.05, 3.63) is 35.1 Å². The molecule has 0 aliphatic carbocycles. The summed E-state index contributed by atoms with van der Waals surface area (Å²) >= 11 is 0. The normalized spacial score (nSPS) is 11.9. The summed E-state index contributed by atoms with van der Waals surface area (Å²) in [7, 11) is 0. The van der Waals surface area contributed by atoms with Crippen molar-refractivity contribution in [1.29, 1.82) is 0 Å². The zero-order valence-corrected chi connectivity index (χ0v) is 11.8. The summed E-state index contributed by atoms with van der Waals surface area (Å²) in [5, 5.41) is 11.3. The highest BCUT2D eigenvalue weighted by Gasteiger charge is 2.09. The Hall–Kier alpha value is -1.91. The van der Waals surface area contributed by atoms with E-state index in [4.69, 9.17) is 5.11 Å². The minimum atomic E-state index is -0.809. The lowest BCUT2D eigenvalue weighted by Gasteiger charge is -2.11. The van der Waals surface area contributed by atoms with Crippen molar-refractivity contribution in [3.8, 4) is 0 Å². The standard InChI is InChI=1S/C15H20FNO3/c1-10(3-6-14(18)19)7-8-17-15(20)12-5-4-11(2)13(16)9-12/h4-5,9-10H,3,6-8H2,1-2H3,(H,17,20)(H,18,19). The van der Waals surface area contributed by atoms with Crippen LogP contribution in [0.15, 0.2) is 18.2 Å². The Labute approximate surface area is 118 Å². The van der Waals surface area contributed by atoms with Crippen LogP contribution in [0.5, 0.6) is 0 Å². The van der Waals surface area contributed by atoms with Gasteiger partial charge in [-0.2, -0.15) is 0 Å². The van der Waals surface area contributed by atoms with Crippen molar-refractivity contribution in [2.75, 3.05) is 6.54 Å². The summed E-state index contributed by atoms with van der Waals surface area (Å²) in [6.45, 7) is 4.04. The Morgan fingerprint density at radius 1 is 1.35 bits per heavy atom. The van der Waals surface area contributed by atoms with Crippen molar-refractivity contribution < 1.29 is 19.1 Å². The van der Waals surface area contributed by atoms with Gasteiger partial charge in [0.05, 0.1) is 0 Å². The first-order valence-corrected chi connectivity index (χ1v) is 6.66. The van der Waals surface area contributed by atoms with E-state index in [1.165, 1.54) is 6.07 Å². The molecule has 0 aromatic heterocycles. The molecular weight excluding hydrogens is 261 g/mol. The molecule has 1 rings (SSSR count). The molecule has 0 aliphatic heterocycles. The maximum absolute atomic E-state index is 13.3. The van der Waals surface area contributed by atoms with E-state index in [2.05, 4.69) is 5.32 Å². The highest BCUT2D eigenvalue weighted by atomic mass is 19.1. The van der Waals surface area contributed by atoms with Gasteiger partial charge in [0, 0.05) is 18.5 Å². The number of aliphatic carboxylic acids is 1. The molecule has 1 aromatic carbocycles. The molecule has 0 bridgehead atoms. The van der Waals surface area contributed by atoms with Gasteiger partial charge in [0.2, 0.25) is 0 Å². The van der Waals surface area contributed by atoms with E-state index in [1.807, 2.05) is 6.92 Å². The lowest BCUT2D eigenvalue weighted by molar-refractivity contribution is -0.137. The number of benzene rings is 1. The highest BCUT2D eigenvalue weighted by Crippen LogP contribution is 2.11. The zero-order valence-electron chi connectivity index (χ0n) is 11.8. The summed E-state index contributed by atoms with van der Waals surface area (Å²) in [6.07, 6.45) is 1.43. The molecule has 2 N–H and O–H groups in total. The summed E-state index contributed by atoms with van der Waals surface area (Å²) in [5.74, 6) is -1.29. The fourth-order valence-electron chi connectivity index (χ4n) is 1.78. The second kappa shape index (κ2) is 7.62. The predicted octanol–water partition coefficient (Wildman–Crippen LogP) is 2.75. The number of aryl methyl sites for hydroxylation is 1. The summed E-state index contributed by atoms with van der Waals surface area (Å²) in [5.41, 5.74) is 0.801. The van der Waals surface area contributed by atoms with Gasteiger partial charge in [-0.1, -0.05) is 13.0 Å². The molecule has 20 heavy (non-hydrogen) atoms. The largest absolute Gasteiger partial charge is 0.481 e. The Morgan fingerprint density at radius 2 is 2.05 bits per heavy atom. The van der Waals surface area contributed by atoms with Crippen LogP contribution in [0.1, 0.15) is 42.1 Å². The quantitative estimate of drug-likeness (QED) is 0.807. The maximum atomic E-state index is 13.3. The summed E-state index contributed by atoms with van der Waals surface area (Å²) in [6, 6.07) is 4.37. The molecule has 110 valence electrons. The summed E-state index contributed by atoms with van der Waals surface area (Å²) < 4.78 is 13.3. The van der Waals surface area contributed by atoms with Gasteiger partial charge < -0.3 is 10.4 Å². The lowest BCUT2D eigenvalue weighted by Crippen LogP contribution is -2.25. The number of halogens is 1. The van der Waals surface area contributed by atoms with Crippen molar-refractivity contribution in [1.82, 2.24) is 5.32 Å². The third-order valence-electron chi connectivity index (χ3n) is 3.21. The van der Waals surface area contributed by atoms with E-state index >= 15 is 0 Å². The number of rotatable bonds is 7. The first-order valence-electron chi connectivity index (χ1n) is 6.66. The minimum Gasteiger partial charge on any atom is -0.481 e. The van der Waals surface area contributed by atoms with Crippen LogP contribution in [0.2, 0.25) is 0 Å². The molecule has 5 heteroatoms. The summed E-state index contributed by atoms with van der Waals surface area (Å²) in [4.78, 5) is 22.2. The molecule has 1 aromatic rings. The fraction of sp³-hybridized carbons (Fsp3) is 0.467. The molecule has 0 spiro atoms. The van der Waals surface area contributed by atoms with E-state index in [0.29, 0.717) is 30.5 Å². The molecule has 1 unspecified atom stereocenters. The second-order valence-corrected chi connectivity index (χ2v) is 5.05. The SMILES string of the molecule is Cc1ccc(C(=O)NCCC(C)CCC(=O)O)cc1F. The number of hydrogen-bond acceptors (Lipinski definition) is 2. The molecular formula is C15H20FNO3. The number of nitrogens with one attached hydrogen (secondary N) is 1. The van der Waals surface area contributed by atoms with Crippen LogP contribution in [-0.2, 0) is 4.79 Å². The Kier molecular flexibility index (Phi) is 6.15. The number of carbonyl (C=O) groups is 2.